The number of carbonyl (C=O) groups excluding carboxylic acids is 2. The number of amides is 1. The number of hydrogen-bond acceptors (Lipinski definition) is 9. The normalized spacial score (nSPS) is 18.4. The predicted molar refractivity (Wildman–Crippen MR) is 143 cm³/mol. The first-order valence-corrected chi connectivity index (χ1v) is 13.1. The number of nitrogens with zero attached hydrogens (tertiary/aromatic N) is 4. The van der Waals surface area contributed by atoms with E-state index in [0.29, 0.717) is 50.9 Å². The second-order valence-electron chi connectivity index (χ2n) is 9.16. The van der Waals surface area contributed by atoms with Crippen molar-refractivity contribution in [2.45, 2.75) is 45.9 Å². The summed E-state index contributed by atoms with van der Waals surface area (Å²) < 4.78 is 28.5. The van der Waals surface area contributed by atoms with Gasteiger partial charge in [-0.05, 0) is 24.6 Å². The summed E-state index contributed by atoms with van der Waals surface area (Å²) in [5.74, 6) is 1.92. The van der Waals surface area contributed by atoms with E-state index in [1.165, 1.54) is 7.11 Å². The number of carbonyl (C=O) groups is 2. The predicted octanol–water partition coefficient (Wildman–Crippen LogP) is 2.63. The molecule has 1 amide bonds. The SMILES string of the molecule is C#CCOCCOCCOCCOCc1cn(C2c3cc(C(=O)OC)ccc3N(C(C)=O)[C@@H](CC)[C@H]2C)nn1. The maximum atomic E-state index is 12.6. The lowest BCUT2D eigenvalue weighted by atomic mass is 9.80. The number of terminal acetylenes is 1. The zero-order chi connectivity index (χ0) is 28.2. The van der Waals surface area contributed by atoms with Crippen molar-refractivity contribution >= 4 is 17.6 Å². The Hall–Kier alpha value is -3.30. The van der Waals surface area contributed by atoms with Crippen LogP contribution < -0.4 is 4.90 Å². The number of fused-ring (bicyclic) bond motifs is 1. The molecule has 11 heteroatoms. The van der Waals surface area contributed by atoms with Gasteiger partial charge < -0.3 is 28.6 Å². The molecular formula is C28H38N4O7. The number of benzene rings is 1. The summed E-state index contributed by atoms with van der Waals surface area (Å²) in [6, 6.07) is 5.01. The standard InChI is InChI=1S/C28H38N4O7/c1-6-10-36-11-12-37-13-14-38-15-16-39-19-23-18-31(30-29-23)27-20(3)25(7-2)32(21(4)33)26-9-8-22(17-24(26)27)28(34)35-5/h1,8-9,17-18,20,25,27H,7,10-16,19H2,2-5H3/t20-,25+,27?/m1/s1. The average molecular weight is 543 g/mol. The molecule has 0 aliphatic carbocycles. The van der Waals surface area contributed by atoms with E-state index >= 15 is 0 Å². The smallest absolute Gasteiger partial charge is 0.337 e. The lowest BCUT2D eigenvalue weighted by molar-refractivity contribution is -0.117. The fourth-order valence-electron chi connectivity index (χ4n) is 4.88. The largest absolute Gasteiger partial charge is 0.465 e. The molecule has 39 heavy (non-hydrogen) atoms. The molecule has 0 fully saturated rings. The minimum atomic E-state index is -0.438. The molecule has 212 valence electrons. The molecule has 1 aromatic heterocycles. The Morgan fingerprint density at radius 2 is 1.72 bits per heavy atom. The summed E-state index contributed by atoms with van der Waals surface area (Å²) in [7, 11) is 1.35. The van der Waals surface area contributed by atoms with Crippen LogP contribution in [0.4, 0.5) is 5.69 Å². The minimum Gasteiger partial charge on any atom is -0.465 e. The summed E-state index contributed by atoms with van der Waals surface area (Å²) >= 11 is 0. The van der Waals surface area contributed by atoms with Crippen LogP contribution in [0.3, 0.4) is 0 Å². The number of rotatable bonds is 15. The summed E-state index contributed by atoms with van der Waals surface area (Å²) in [5, 5.41) is 8.69. The highest BCUT2D eigenvalue weighted by atomic mass is 16.6. The number of esters is 1. The van der Waals surface area contributed by atoms with Crippen LogP contribution in [-0.4, -0.2) is 86.3 Å². The summed E-state index contributed by atoms with van der Waals surface area (Å²) in [5.41, 5.74) is 2.67. The topological polar surface area (TPSA) is 114 Å². The molecule has 0 saturated carbocycles. The highest BCUT2D eigenvalue weighted by molar-refractivity contribution is 5.96. The molecule has 1 aliphatic heterocycles. The fraction of sp³-hybridized carbons (Fsp3) is 0.571. The molecule has 0 spiro atoms. The van der Waals surface area contributed by atoms with E-state index in [0.717, 1.165) is 17.7 Å². The molecule has 1 aromatic carbocycles. The lowest BCUT2D eigenvalue weighted by Crippen LogP contribution is -2.49. The molecule has 1 aliphatic rings. The fourth-order valence-corrected chi connectivity index (χ4v) is 4.88. The maximum Gasteiger partial charge on any atom is 0.337 e. The molecule has 0 N–H and O–H groups in total. The molecule has 2 aromatic rings. The summed E-state index contributed by atoms with van der Waals surface area (Å²) in [6.07, 6.45) is 7.72. The van der Waals surface area contributed by atoms with Gasteiger partial charge in [0.2, 0.25) is 5.91 Å². The zero-order valence-electron chi connectivity index (χ0n) is 23.1. The molecule has 3 atom stereocenters. The number of anilines is 1. The third-order valence-electron chi connectivity index (χ3n) is 6.62. The minimum absolute atomic E-state index is 0.00859. The Bertz CT molecular complexity index is 1130. The quantitative estimate of drug-likeness (QED) is 0.190. The van der Waals surface area contributed by atoms with Crippen LogP contribution in [0, 0.1) is 18.3 Å². The van der Waals surface area contributed by atoms with Crippen molar-refractivity contribution in [3.63, 3.8) is 0 Å². The Morgan fingerprint density at radius 1 is 1.05 bits per heavy atom. The molecule has 1 unspecified atom stereocenters. The molecule has 0 bridgehead atoms. The van der Waals surface area contributed by atoms with Crippen molar-refractivity contribution in [1.82, 2.24) is 15.0 Å². The van der Waals surface area contributed by atoms with Crippen molar-refractivity contribution in [1.29, 1.82) is 0 Å². The van der Waals surface area contributed by atoms with Gasteiger partial charge in [0.15, 0.2) is 0 Å². The van der Waals surface area contributed by atoms with E-state index in [1.807, 2.05) is 17.2 Å². The van der Waals surface area contributed by atoms with E-state index in [4.69, 9.17) is 30.1 Å². The van der Waals surface area contributed by atoms with Crippen molar-refractivity contribution in [2.75, 3.05) is 58.3 Å². The van der Waals surface area contributed by atoms with Crippen LogP contribution in [0.25, 0.3) is 0 Å². The number of ether oxygens (including phenoxy) is 5. The first-order chi connectivity index (χ1) is 18.9. The van der Waals surface area contributed by atoms with Gasteiger partial charge in [0.1, 0.15) is 12.3 Å². The second-order valence-corrected chi connectivity index (χ2v) is 9.16. The van der Waals surface area contributed by atoms with Crippen LogP contribution in [0.1, 0.15) is 54.8 Å². The van der Waals surface area contributed by atoms with Crippen molar-refractivity contribution < 1.29 is 33.3 Å². The van der Waals surface area contributed by atoms with E-state index < -0.39 is 5.97 Å². The summed E-state index contributed by atoms with van der Waals surface area (Å²) in [6.45, 7) is 8.94. The van der Waals surface area contributed by atoms with Gasteiger partial charge in [0, 0.05) is 30.1 Å². The van der Waals surface area contributed by atoms with E-state index in [1.54, 1.807) is 23.7 Å². The van der Waals surface area contributed by atoms with Crippen LogP contribution in [0.15, 0.2) is 24.4 Å². The van der Waals surface area contributed by atoms with Gasteiger partial charge >= 0.3 is 5.97 Å². The van der Waals surface area contributed by atoms with Gasteiger partial charge in [-0.1, -0.05) is 25.0 Å². The number of aromatic nitrogens is 3. The van der Waals surface area contributed by atoms with E-state index in [-0.39, 0.29) is 37.1 Å². The highest BCUT2D eigenvalue weighted by Gasteiger charge is 2.41. The van der Waals surface area contributed by atoms with Crippen molar-refractivity contribution in [3.8, 4) is 12.3 Å². The summed E-state index contributed by atoms with van der Waals surface area (Å²) in [4.78, 5) is 26.7. The maximum absolute atomic E-state index is 12.6. The van der Waals surface area contributed by atoms with Gasteiger partial charge in [-0.3, -0.25) is 4.79 Å². The van der Waals surface area contributed by atoms with Gasteiger partial charge in [0.25, 0.3) is 0 Å². The van der Waals surface area contributed by atoms with E-state index in [2.05, 4.69) is 30.1 Å². The average Bonchev–Trinajstić information content (AvgIpc) is 3.40. The first-order valence-electron chi connectivity index (χ1n) is 13.1. The molecule has 11 nitrogen and oxygen atoms in total. The zero-order valence-corrected chi connectivity index (χ0v) is 23.1. The van der Waals surface area contributed by atoms with Gasteiger partial charge in [-0.15, -0.1) is 11.5 Å². The van der Waals surface area contributed by atoms with Crippen LogP contribution in [-0.2, 0) is 35.1 Å². The molecule has 3 rings (SSSR count). The van der Waals surface area contributed by atoms with Crippen LogP contribution in [0.2, 0.25) is 0 Å². The van der Waals surface area contributed by atoms with E-state index in [9.17, 15) is 9.59 Å². The molecule has 0 saturated heterocycles. The number of methoxy groups -OCH3 is 1. The molecular weight excluding hydrogens is 504 g/mol. The number of hydrogen-bond donors (Lipinski definition) is 0. The Balaban J connectivity index is 1.60. The Kier molecular flexibility index (Phi) is 11.9. The van der Waals surface area contributed by atoms with Crippen LogP contribution >= 0.6 is 0 Å². The van der Waals surface area contributed by atoms with Crippen molar-refractivity contribution in [2.24, 2.45) is 5.92 Å². The van der Waals surface area contributed by atoms with Crippen molar-refractivity contribution in [3.05, 3.63) is 41.2 Å². The van der Waals surface area contributed by atoms with Crippen LogP contribution in [0.5, 0.6) is 0 Å². The Labute approximate surface area is 229 Å². The second kappa shape index (κ2) is 15.3. The lowest BCUT2D eigenvalue weighted by Gasteiger charge is -2.44. The third kappa shape index (κ3) is 7.86. The monoisotopic (exact) mass is 542 g/mol. The van der Waals surface area contributed by atoms with Gasteiger partial charge in [0.05, 0.1) is 71.2 Å². The molecule has 0 radical (unpaired) electrons. The van der Waals surface area contributed by atoms with Gasteiger partial charge in [-0.2, -0.15) is 0 Å². The van der Waals surface area contributed by atoms with Gasteiger partial charge in [-0.25, -0.2) is 9.48 Å². The third-order valence-corrected chi connectivity index (χ3v) is 6.62. The Morgan fingerprint density at radius 3 is 2.33 bits per heavy atom. The highest BCUT2D eigenvalue weighted by Crippen LogP contribution is 2.44. The molecule has 2 heterocycles. The first kappa shape index (κ1) is 30.2.